The van der Waals surface area contributed by atoms with Gasteiger partial charge in [-0.1, -0.05) is 79.4 Å². The molecule has 0 bridgehead atoms. The molecule has 1 fully saturated rings. The first kappa shape index (κ1) is 20.7. The van der Waals surface area contributed by atoms with Crippen molar-refractivity contribution in [3.63, 3.8) is 0 Å². The topological polar surface area (TPSA) is 32.8 Å². The van der Waals surface area contributed by atoms with Crippen molar-refractivity contribution in [3.8, 4) is 0 Å². The molecule has 2 aromatic carbocycles. The molecular formula is C22H24N2O2S3. The summed E-state index contributed by atoms with van der Waals surface area (Å²) in [4.78, 5) is 18.8. The standard InChI is InChI=1S/C22H24N2O2S3/c1-3-5-13-26-14-12-24-17-11-10-15-8-6-7-9-16(15)18(17)28-21(24)19-20(25)23(4-2)22(27)29-19/h6-11H,3-5,12-14H2,1-2H3. The van der Waals surface area contributed by atoms with Crippen LogP contribution in [0.3, 0.4) is 0 Å². The van der Waals surface area contributed by atoms with Crippen molar-refractivity contribution in [2.45, 2.75) is 31.6 Å². The zero-order valence-electron chi connectivity index (χ0n) is 16.6. The van der Waals surface area contributed by atoms with Crippen LogP contribution >= 0.6 is 35.7 Å². The molecule has 152 valence electrons. The number of amides is 1. The van der Waals surface area contributed by atoms with Crippen molar-refractivity contribution in [3.05, 3.63) is 46.3 Å². The van der Waals surface area contributed by atoms with Crippen LogP contribution in [-0.4, -0.2) is 41.4 Å². The first-order valence-electron chi connectivity index (χ1n) is 9.98. The number of fused-ring (bicyclic) bond motifs is 3. The molecule has 0 radical (unpaired) electrons. The number of hydrogen-bond acceptors (Lipinski definition) is 6. The van der Waals surface area contributed by atoms with Gasteiger partial charge in [0.15, 0.2) is 0 Å². The van der Waals surface area contributed by atoms with Gasteiger partial charge in [0.2, 0.25) is 0 Å². The normalized spacial score (nSPS) is 19.0. The van der Waals surface area contributed by atoms with Crippen LogP contribution in [0.25, 0.3) is 10.8 Å². The molecule has 4 rings (SSSR count). The molecule has 2 aliphatic heterocycles. The van der Waals surface area contributed by atoms with Crippen LogP contribution in [0.2, 0.25) is 0 Å². The van der Waals surface area contributed by atoms with E-state index < -0.39 is 0 Å². The van der Waals surface area contributed by atoms with E-state index in [1.54, 1.807) is 16.7 Å². The lowest BCUT2D eigenvalue weighted by molar-refractivity contribution is -0.122. The molecule has 1 amide bonds. The maximum atomic E-state index is 13.0. The number of hydrogen-bond donors (Lipinski definition) is 0. The summed E-state index contributed by atoms with van der Waals surface area (Å²) in [5.41, 5.74) is 1.14. The van der Waals surface area contributed by atoms with Gasteiger partial charge < -0.3 is 9.64 Å². The van der Waals surface area contributed by atoms with Crippen LogP contribution in [0.4, 0.5) is 5.69 Å². The van der Waals surface area contributed by atoms with Crippen molar-refractivity contribution >= 4 is 62.4 Å². The zero-order chi connectivity index (χ0) is 20.4. The Bertz CT molecular complexity index is 989. The Hall–Kier alpha value is -1.54. The maximum Gasteiger partial charge on any atom is 0.268 e. The summed E-state index contributed by atoms with van der Waals surface area (Å²) in [6, 6.07) is 12.7. The molecule has 0 aliphatic carbocycles. The average Bonchev–Trinajstić information content (AvgIpc) is 3.24. The predicted octanol–water partition coefficient (Wildman–Crippen LogP) is 5.62. The van der Waals surface area contributed by atoms with E-state index in [-0.39, 0.29) is 5.91 Å². The lowest BCUT2D eigenvalue weighted by Gasteiger charge is -2.21. The molecule has 0 saturated carbocycles. The van der Waals surface area contributed by atoms with E-state index in [4.69, 9.17) is 17.0 Å². The monoisotopic (exact) mass is 444 g/mol. The van der Waals surface area contributed by atoms with Gasteiger partial charge in [0, 0.05) is 24.6 Å². The van der Waals surface area contributed by atoms with Crippen LogP contribution in [0.5, 0.6) is 0 Å². The second kappa shape index (κ2) is 9.08. The number of thioether (sulfide) groups is 2. The lowest BCUT2D eigenvalue weighted by atomic mass is 10.1. The Labute approximate surface area is 185 Å². The third-order valence-electron chi connectivity index (χ3n) is 5.05. The summed E-state index contributed by atoms with van der Waals surface area (Å²) in [7, 11) is 0. The average molecular weight is 445 g/mol. The predicted molar refractivity (Wildman–Crippen MR) is 127 cm³/mol. The smallest absolute Gasteiger partial charge is 0.268 e. The Morgan fingerprint density at radius 1 is 1.03 bits per heavy atom. The van der Waals surface area contributed by atoms with Crippen molar-refractivity contribution < 1.29 is 9.53 Å². The highest BCUT2D eigenvalue weighted by molar-refractivity contribution is 8.27. The third-order valence-corrected chi connectivity index (χ3v) is 7.87. The minimum absolute atomic E-state index is 0.0130. The molecule has 0 aromatic heterocycles. The minimum atomic E-state index is 0.0130. The Kier molecular flexibility index (Phi) is 6.49. The van der Waals surface area contributed by atoms with Gasteiger partial charge in [-0.15, -0.1) is 0 Å². The Morgan fingerprint density at radius 2 is 1.86 bits per heavy atom. The van der Waals surface area contributed by atoms with Gasteiger partial charge in [0.05, 0.1) is 12.3 Å². The summed E-state index contributed by atoms with van der Waals surface area (Å²) >= 11 is 8.54. The molecule has 29 heavy (non-hydrogen) atoms. The summed E-state index contributed by atoms with van der Waals surface area (Å²) < 4.78 is 6.48. The highest BCUT2D eigenvalue weighted by atomic mass is 32.2. The van der Waals surface area contributed by atoms with Crippen molar-refractivity contribution in [2.24, 2.45) is 0 Å². The molecule has 4 nitrogen and oxygen atoms in total. The van der Waals surface area contributed by atoms with E-state index in [0.29, 0.717) is 24.0 Å². The zero-order valence-corrected chi connectivity index (χ0v) is 19.1. The van der Waals surface area contributed by atoms with Gasteiger partial charge in [-0.25, -0.2) is 0 Å². The third kappa shape index (κ3) is 3.93. The second-order valence-corrected chi connectivity index (χ2v) is 9.55. The van der Waals surface area contributed by atoms with Gasteiger partial charge in [-0.3, -0.25) is 9.69 Å². The Balaban J connectivity index is 1.72. The number of carbonyl (C=O) groups is 1. The first-order chi connectivity index (χ1) is 14.2. The molecule has 1 saturated heterocycles. The van der Waals surface area contributed by atoms with Crippen molar-refractivity contribution in [2.75, 3.05) is 31.2 Å². The molecule has 7 heteroatoms. The number of likely N-dealkylation sites (N-methyl/N-ethyl adjacent to an activating group) is 1. The second-order valence-electron chi connectivity index (χ2n) is 6.91. The van der Waals surface area contributed by atoms with E-state index in [1.165, 1.54) is 27.4 Å². The fourth-order valence-corrected chi connectivity index (χ4v) is 6.36. The highest BCUT2D eigenvalue weighted by Gasteiger charge is 2.38. The van der Waals surface area contributed by atoms with Gasteiger partial charge >= 0.3 is 0 Å². The Morgan fingerprint density at radius 3 is 2.62 bits per heavy atom. The summed E-state index contributed by atoms with van der Waals surface area (Å²) in [6.45, 7) is 6.84. The van der Waals surface area contributed by atoms with Crippen LogP contribution in [0.15, 0.2) is 51.2 Å². The van der Waals surface area contributed by atoms with Crippen LogP contribution < -0.4 is 4.90 Å². The summed E-state index contributed by atoms with van der Waals surface area (Å²) in [6.07, 6.45) is 2.19. The van der Waals surface area contributed by atoms with E-state index in [2.05, 4.69) is 48.2 Å². The van der Waals surface area contributed by atoms with Crippen LogP contribution in [0, 0.1) is 0 Å². The fraction of sp³-hybridized carbons (Fsp3) is 0.364. The van der Waals surface area contributed by atoms with Gasteiger partial charge in [-0.2, -0.15) is 0 Å². The number of rotatable bonds is 7. The molecule has 0 atom stereocenters. The summed E-state index contributed by atoms with van der Waals surface area (Å²) in [5, 5.41) is 3.40. The lowest BCUT2D eigenvalue weighted by Crippen LogP contribution is -2.29. The van der Waals surface area contributed by atoms with Gasteiger partial charge in [0.25, 0.3) is 5.91 Å². The van der Waals surface area contributed by atoms with E-state index >= 15 is 0 Å². The number of ether oxygens (including phenoxy) is 1. The largest absolute Gasteiger partial charge is 0.380 e. The maximum absolute atomic E-state index is 13.0. The number of anilines is 1. The first-order valence-corrected chi connectivity index (χ1v) is 12.0. The molecule has 2 aromatic rings. The number of carbonyl (C=O) groups excluding carboxylic acids is 1. The van der Waals surface area contributed by atoms with E-state index in [9.17, 15) is 4.79 Å². The number of benzene rings is 2. The van der Waals surface area contributed by atoms with E-state index in [0.717, 1.165) is 35.1 Å². The van der Waals surface area contributed by atoms with Gasteiger partial charge in [0.1, 0.15) is 14.3 Å². The van der Waals surface area contributed by atoms with Crippen molar-refractivity contribution in [1.29, 1.82) is 0 Å². The summed E-state index contributed by atoms with van der Waals surface area (Å²) in [5.74, 6) is 0.0130. The molecule has 0 N–H and O–H groups in total. The number of thiocarbonyl (C=S) groups is 1. The number of nitrogens with zero attached hydrogens (tertiary/aromatic N) is 2. The minimum Gasteiger partial charge on any atom is -0.380 e. The molecule has 0 unspecified atom stereocenters. The quantitative estimate of drug-likeness (QED) is 0.313. The van der Waals surface area contributed by atoms with Crippen molar-refractivity contribution in [1.82, 2.24) is 4.90 Å². The molecule has 2 aliphatic rings. The van der Waals surface area contributed by atoms with Crippen LogP contribution in [-0.2, 0) is 9.53 Å². The SMILES string of the molecule is CCCCOCCN1C(=C2SC(=S)N(CC)C2=O)Sc2c1ccc1ccccc21. The van der Waals surface area contributed by atoms with E-state index in [1.807, 2.05) is 6.92 Å². The highest BCUT2D eigenvalue weighted by Crippen LogP contribution is 2.52. The molecule has 2 heterocycles. The molecule has 0 spiro atoms. The number of unbranched alkanes of at least 4 members (excludes halogenated alkanes) is 1. The fourth-order valence-electron chi connectivity index (χ4n) is 3.51. The molecular weight excluding hydrogens is 420 g/mol. The van der Waals surface area contributed by atoms with Crippen LogP contribution in [0.1, 0.15) is 26.7 Å². The van der Waals surface area contributed by atoms with Gasteiger partial charge in [-0.05, 0) is 30.2 Å².